The van der Waals surface area contributed by atoms with E-state index >= 15 is 0 Å². The molecule has 5 rings (SSSR count). The molecular weight excluding hydrogens is 372 g/mol. The molecule has 4 heterocycles. The normalized spacial score (nSPS) is 17.3. The monoisotopic (exact) mass is 394 g/mol. The van der Waals surface area contributed by atoms with Gasteiger partial charge in [-0.3, -0.25) is 9.89 Å². The maximum absolute atomic E-state index is 13.0. The van der Waals surface area contributed by atoms with Gasteiger partial charge in [0.15, 0.2) is 5.89 Å². The quantitative estimate of drug-likeness (QED) is 0.708. The van der Waals surface area contributed by atoms with E-state index in [1.807, 2.05) is 6.07 Å². The molecule has 3 aromatic rings. The number of carbonyl (C=O) groups excluding carboxylic acids is 1. The van der Waals surface area contributed by atoms with Crippen LogP contribution in [-0.2, 0) is 17.7 Å². The van der Waals surface area contributed by atoms with Crippen LogP contribution in [-0.4, -0.2) is 50.9 Å². The molecule has 1 aromatic carbocycles. The minimum atomic E-state index is -0.138. The summed E-state index contributed by atoms with van der Waals surface area (Å²) in [6.07, 6.45) is 2.49. The highest BCUT2D eigenvalue weighted by atomic mass is 16.5. The number of amides is 1. The zero-order valence-electron chi connectivity index (χ0n) is 15.9. The summed E-state index contributed by atoms with van der Waals surface area (Å²) in [5, 5.41) is 17.0. The van der Waals surface area contributed by atoms with Crippen molar-refractivity contribution in [2.45, 2.75) is 31.7 Å². The predicted molar refractivity (Wildman–Crippen MR) is 103 cm³/mol. The summed E-state index contributed by atoms with van der Waals surface area (Å²) in [4.78, 5) is 19.4. The second-order valence-corrected chi connectivity index (χ2v) is 7.47. The Hall–Kier alpha value is -3.13. The Balaban J connectivity index is 1.32. The van der Waals surface area contributed by atoms with Crippen LogP contribution in [0.2, 0.25) is 0 Å². The van der Waals surface area contributed by atoms with Gasteiger partial charge in [-0.05, 0) is 31.0 Å². The molecule has 0 aliphatic carbocycles. The Morgan fingerprint density at radius 1 is 1.24 bits per heavy atom. The number of oxazole rings is 1. The number of ether oxygens (including phenoxy) is 1. The third kappa shape index (κ3) is 3.40. The zero-order valence-corrected chi connectivity index (χ0v) is 15.9. The van der Waals surface area contributed by atoms with Gasteiger partial charge in [-0.2, -0.15) is 5.10 Å². The summed E-state index contributed by atoms with van der Waals surface area (Å²) >= 11 is 0. The lowest BCUT2D eigenvalue weighted by atomic mass is 10.0. The number of phenols is 1. The third-order valence-electron chi connectivity index (χ3n) is 5.59. The fourth-order valence-electron chi connectivity index (χ4n) is 3.94. The molecular formula is C21H22N4O4. The van der Waals surface area contributed by atoms with Gasteiger partial charge >= 0.3 is 0 Å². The third-order valence-corrected chi connectivity index (χ3v) is 5.59. The van der Waals surface area contributed by atoms with Crippen molar-refractivity contribution in [1.29, 1.82) is 0 Å². The van der Waals surface area contributed by atoms with Crippen LogP contribution in [0.25, 0.3) is 11.3 Å². The molecule has 2 aliphatic heterocycles. The lowest BCUT2D eigenvalue weighted by Crippen LogP contribution is -2.36. The topological polar surface area (TPSA) is 104 Å². The van der Waals surface area contributed by atoms with E-state index in [9.17, 15) is 9.90 Å². The first kappa shape index (κ1) is 17.9. The molecule has 150 valence electrons. The van der Waals surface area contributed by atoms with E-state index in [1.54, 1.807) is 29.2 Å². The molecule has 1 amide bonds. The van der Waals surface area contributed by atoms with Crippen LogP contribution in [0.4, 0.5) is 0 Å². The molecule has 8 nitrogen and oxygen atoms in total. The number of carbonyl (C=O) groups is 1. The average Bonchev–Trinajstić information content (AvgIpc) is 3.41. The smallest absolute Gasteiger partial charge is 0.272 e. The van der Waals surface area contributed by atoms with E-state index in [2.05, 4.69) is 10.2 Å². The SMILES string of the molecule is O=C(c1cc(-c2ccccc2O)n[nH]1)N1CCc2oc(C3CCOCC3)nc2C1. The standard InChI is InChI=1S/C21H22N4O4/c26-18-4-2-1-3-14(18)15-11-16(24-23-15)21(27)25-8-5-19-17(12-25)22-20(29-19)13-6-9-28-10-7-13/h1-4,11,13,26H,5-10,12H2,(H,23,24). The number of aromatic hydroxyl groups is 1. The van der Waals surface area contributed by atoms with Gasteiger partial charge in [0.25, 0.3) is 5.91 Å². The molecule has 29 heavy (non-hydrogen) atoms. The van der Waals surface area contributed by atoms with Crippen LogP contribution in [0.1, 0.15) is 46.6 Å². The van der Waals surface area contributed by atoms with E-state index in [1.165, 1.54) is 0 Å². The van der Waals surface area contributed by atoms with Gasteiger partial charge in [-0.15, -0.1) is 0 Å². The maximum atomic E-state index is 13.0. The first-order valence-corrected chi connectivity index (χ1v) is 9.88. The molecule has 0 unspecified atom stereocenters. The van der Waals surface area contributed by atoms with E-state index < -0.39 is 0 Å². The molecule has 1 saturated heterocycles. The lowest BCUT2D eigenvalue weighted by molar-refractivity contribution is 0.0720. The highest BCUT2D eigenvalue weighted by Crippen LogP contribution is 2.31. The van der Waals surface area contributed by atoms with E-state index in [0.29, 0.717) is 42.4 Å². The number of nitrogens with one attached hydrogen (secondary N) is 1. The fourth-order valence-corrected chi connectivity index (χ4v) is 3.94. The minimum absolute atomic E-state index is 0.129. The largest absolute Gasteiger partial charge is 0.507 e. The van der Waals surface area contributed by atoms with Crippen molar-refractivity contribution in [3.63, 3.8) is 0 Å². The number of phenolic OH excluding ortho intramolecular Hbond substituents is 1. The number of hydrogen-bond donors (Lipinski definition) is 2. The van der Waals surface area contributed by atoms with E-state index in [-0.39, 0.29) is 11.7 Å². The van der Waals surface area contributed by atoms with Crippen LogP contribution in [0.5, 0.6) is 5.75 Å². The van der Waals surface area contributed by atoms with Crippen LogP contribution >= 0.6 is 0 Å². The summed E-state index contributed by atoms with van der Waals surface area (Å²) in [5.74, 6) is 1.95. The second kappa shape index (κ2) is 7.36. The van der Waals surface area contributed by atoms with Gasteiger partial charge in [0, 0.05) is 37.7 Å². The first-order chi connectivity index (χ1) is 14.2. The van der Waals surface area contributed by atoms with Crippen molar-refractivity contribution in [3.8, 4) is 17.0 Å². The van der Waals surface area contributed by atoms with Crippen molar-refractivity contribution < 1.29 is 19.1 Å². The predicted octanol–water partition coefficient (Wildman–Crippen LogP) is 2.86. The lowest BCUT2D eigenvalue weighted by Gasteiger charge is -2.24. The number of aromatic amines is 1. The highest BCUT2D eigenvalue weighted by molar-refractivity contribution is 5.93. The van der Waals surface area contributed by atoms with Crippen molar-refractivity contribution >= 4 is 5.91 Å². The molecule has 2 aliphatic rings. The fraction of sp³-hybridized carbons (Fsp3) is 0.381. The molecule has 1 fully saturated rings. The van der Waals surface area contributed by atoms with Gasteiger partial charge in [0.1, 0.15) is 22.9 Å². The van der Waals surface area contributed by atoms with Crippen molar-refractivity contribution in [3.05, 3.63) is 53.4 Å². The summed E-state index contributed by atoms with van der Waals surface area (Å²) in [5.41, 5.74) is 2.35. The summed E-state index contributed by atoms with van der Waals surface area (Å²) in [6.45, 7) is 2.47. The van der Waals surface area contributed by atoms with Crippen molar-refractivity contribution in [2.24, 2.45) is 0 Å². The molecule has 8 heteroatoms. The molecule has 2 aromatic heterocycles. The van der Waals surface area contributed by atoms with Gasteiger partial charge in [0.2, 0.25) is 0 Å². The summed E-state index contributed by atoms with van der Waals surface area (Å²) < 4.78 is 11.4. The van der Waals surface area contributed by atoms with E-state index in [4.69, 9.17) is 14.1 Å². The number of fused-ring (bicyclic) bond motifs is 1. The number of hydrogen-bond acceptors (Lipinski definition) is 6. The van der Waals surface area contributed by atoms with Crippen LogP contribution in [0.3, 0.4) is 0 Å². The van der Waals surface area contributed by atoms with Gasteiger partial charge in [-0.1, -0.05) is 12.1 Å². The van der Waals surface area contributed by atoms with Crippen molar-refractivity contribution in [1.82, 2.24) is 20.1 Å². The number of rotatable bonds is 3. The highest BCUT2D eigenvalue weighted by Gasteiger charge is 2.29. The Morgan fingerprint density at radius 3 is 2.90 bits per heavy atom. The van der Waals surface area contributed by atoms with Crippen LogP contribution in [0.15, 0.2) is 34.7 Å². The van der Waals surface area contributed by atoms with E-state index in [0.717, 1.165) is 43.4 Å². The molecule has 0 radical (unpaired) electrons. The zero-order chi connectivity index (χ0) is 19.8. The van der Waals surface area contributed by atoms with Gasteiger partial charge in [-0.25, -0.2) is 4.98 Å². The maximum Gasteiger partial charge on any atom is 0.272 e. The number of aromatic nitrogens is 3. The van der Waals surface area contributed by atoms with Crippen LogP contribution < -0.4 is 0 Å². The Kier molecular flexibility index (Phi) is 4.55. The summed E-state index contributed by atoms with van der Waals surface area (Å²) in [6, 6.07) is 8.59. The molecule has 0 saturated carbocycles. The Bertz CT molecular complexity index is 1030. The summed E-state index contributed by atoms with van der Waals surface area (Å²) in [7, 11) is 0. The minimum Gasteiger partial charge on any atom is -0.507 e. The first-order valence-electron chi connectivity index (χ1n) is 9.88. The molecule has 2 N–H and O–H groups in total. The Labute approximate surface area is 167 Å². The van der Waals surface area contributed by atoms with Gasteiger partial charge < -0.3 is 19.2 Å². The average molecular weight is 394 g/mol. The van der Waals surface area contributed by atoms with Crippen LogP contribution in [0, 0.1) is 0 Å². The molecule has 0 spiro atoms. The number of nitrogens with zero attached hydrogens (tertiary/aromatic N) is 3. The van der Waals surface area contributed by atoms with Crippen molar-refractivity contribution in [2.75, 3.05) is 19.8 Å². The number of benzene rings is 1. The number of H-pyrrole nitrogens is 1. The van der Waals surface area contributed by atoms with Gasteiger partial charge in [0.05, 0.1) is 12.2 Å². The molecule has 0 bridgehead atoms. The molecule has 0 atom stereocenters. The second-order valence-electron chi connectivity index (χ2n) is 7.47. The Morgan fingerprint density at radius 2 is 2.07 bits per heavy atom. The number of para-hydroxylation sites is 1.